The number of hydrogen-bond acceptors (Lipinski definition) is 5. The number of fused-ring (bicyclic) bond motifs is 1. The molecule has 3 aromatic rings. The minimum Gasteiger partial charge on any atom is -0.485 e. The fourth-order valence-corrected chi connectivity index (χ4v) is 3.24. The lowest BCUT2D eigenvalue weighted by atomic mass is 9.90. The SMILES string of the molecule is NC1(c2cccc(F)c2OCc2cccc(F)c2)N=CNc2cnc(Cl)cc21. The van der Waals surface area contributed by atoms with Gasteiger partial charge in [-0.2, -0.15) is 0 Å². The average molecular weight is 401 g/mol. The Morgan fingerprint density at radius 1 is 1.11 bits per heavy atom. The number of halogens is 3. The Kier molecular flexibility index (Phi) is 4.70. The van der Waals surface area contributed by atoms with Crippen LogP contribution in [0.4, 0.5) is 14.5 Å². The summed E-state index contributed by atoms with van der Waals surface area (Å²) < 4.78 is 33.8. The molecule has 1 aliphatic rings. The monoisotopic (exact) mass is 400 g/mol. The molecule has 0 saturated heterocycles. The molecule has 1 aliphatic heterocycles. The van der Waals surface area contributed by atoms with Crippen LogP contribution in [-0.4, -0.2) is 11.3 Å². The van der Waals surface area contributed by atoms with Gasteiger partial charge in [0, 0.05) is 11.1 Å². The van der Waals surface area contributed by atoms with Crippen LogP contribution in [0.25, 0.3) is 0 Å². The van der Waals surface area contributed by atoms with E-state index in [-0.39, 0.29) is 17.5 Å². The predicted octanol–water partition coefficient (Wildman–Crippen LogP) is 4.21. The van der Waals surface area contributed by atoms with Crippen LogP contribution in [0, 0.1) is 11.6 Å². The van der Waals surface area contributed by atoms with Crippen LogP contribution in [0.1, 0.15) is 16.7 Å². The molecule has 0 amide bonds. The van der Waals surface area contributed by atoms with E-state index in [2.05, 4.69) is 15.3 Å². The molecule has 0 fully saturated rings. The summed E-state index contributed by atoms with van der Waals surface area (Å²) in [6.45, 7) is -0.0340. The summed E-state index contributed by atoms with van der Waals surface area (Å²) in [6, 6.07) is 11.9. The smallest absolute Gasteiger partial charge is 0.167 e. The number of hydrogen-bond donors (Lipinski definition) is 2. The quantitative estimate of drug-likeness (QED) is 0.643. The van der Waals surface area contributed by atoms with E-state index >= 15 is 0 Å². The molecule has 0 radical (unpaired) electrons. The lowest BCUT2D eigenvalue weighted by molar-refractivity contribution is 0.281. The van der Waals surface area contributed by atoms with Gasteiger partial charge in [-0.1, -0.05) is 35.9 Å². The average Bonchev–Trinajstić information content (AvgIpc) is 2.68. The zero-order valence-corrected chi connectivity index (χ0v) is 15.3. The topological polar surface area (TPSA) is 72.5 Å². The Morgan fingerprint density at radius 2 is 1.93 bits per heavy atom. The van der Waals surface area contributed by atoms with Gasteiger partial charge in [0.05, 0.1) is 18.2 Å². The molecule has 0 aliphatic carbocycles. The van der Waals surface area contributed by atoms with Crippen molar-refractivity contribution in [2.45, 2.75) is 12.3 Å². The van der Waals surface area contributed by atoms with Gasteiger partial charge in [-0.25, -0.2) is 18.8 Å². The van der Waals surface area contributed by atoms with Crippen molar-refractivity contribution in [2.24, 2.45) is 10.7 Å². The molecule has 8 heteroatoms. The first-order chi connectivity index (χ1) is 13.5. The molecular weight excluding hydrogens is 386 g/mol. The first kappa shape index (κ1) is 18.3. The van der Waals surface area contributed by atoms with Gasteiger partial charge in [-0.15, -0.1) is 0 Å². The summed E-state index contributed by atoms with van der Waals surface area (Å²) in [7, 11) is 0. The van der Waals surface area contributed by atoms with Crippen LogP contribution in [0.15, 0.2) is 59.7 Å². The molecule has 2 heterocycles. The maximum atomic E-state index is 14.7. The third kappa shape index (κ3) is 3.30. The van der Waals surface area contributed by atoms with E-state index in [0.29, 0.717) is 22.4 Å². The van der Waals surface area contributed by atoms with Crippen LogP contribution in [0.5, 0.6) is 5.75 Å². The third-order valence-electron chi connectivity index (χ3n) is 4.42. The molecule has 1 atom stereocenters. The minimum atomic E-state index is -1.44. The Balaban J connectivity index is 1.77. The Hall–Kier alpha value is -3.03. The number of aliphatic imine (C=N–C) groups is 1. The number of nitrogens with two attached hydrogens (primary N) is 1. The summed E-state index contributed by atoms with van der Waals surface area (Å²) in [5.74, 6) is -1.06. The zero-order valence-electron chi connectivity index (χ0n) is 14.5. The molecule has 1 unspecified atom stereocenters. The van der Waals surface area contributed by atoms with Crippen molar-refractivity contribution in [1.82, 2.24) is 4.98 Å². The van der Waals surface area contributed by atoms with Gasteiger partial charge in [0.1, 0.15) is 17.6 Å². The van der Waals surface area contributed by atoms with Crippen molar-refractivity contribution in [3.05, 3.63) is 88.2 Å². The van der Waals surface area contributed by atoms with Gasteiger partial charge >= 0.3 is 0 Å². The molecule has 4 rings (SSSR count). The van der Waals surface area contributed by atoms with E-state index < -0.39 is 17.3 Å². The van der Waals surface area contributed by atoms with Gasteiger partial charge < -0.3 is 10.1 Å². The van der Waals surface area contributed by atoms with E-state index in [0.717, 1.165) is 0 Å². The number of pyridine rings is 1. The van der Waals surface area contributed by atoms with Crippen molar-refractivity contribution < 1.29 is 13.5 Å². The molecule has 28 heavy (non-hydrogen) atoms. The number of rotatable bonds is 4. The van der Waals surface area contributed by atoms with Gasteiger partial charge in [-0.05, 0) is 29.8 Å². The van der Waals surface area contributed by atoms with Crippen molar-refractivity contribution >= 4 is 23.6 Å². The second-order valence-electron chi connectivity index (χ2n) is 6.26. The first-order valence-electron chi connectivity index (χ1n) is 8.39. The summed E-state index contributed by atoms with van der Waals surface area (Å²) >= 11 is 6.03. The molecule has 2 aromatic carbocycles. The molecular formula is C20H15ClF2N4O. The standard InChI is InChI=1S/C20H15ClF2N4O/c21-18-8-15-17(9-25-18)26-11-27-20(15,24)14-5-2-6-16(23)19(14)28-10-12-3-1-4-13(22)7-12/h1-9,11H,10,24H2,(H,26,27). The normalized spacial score (nSPS) is 17.7. The molecule has 1 aromatic heterocycles. The lowest BCUT2D eigenvalue weighted by Gasteiger charge is -2.32. The van der Waals surface area contributed by atoms with E-state index in [4.69, 9.17) is 22.1 Å². The number of nitrogens with zero attached hydrogens (tertiary/aromatic N) is 2. The molecule has 0 spiro atoms. The maximum absolute atomic E-state index is 14.7. The van der Waals surface area contributed by atoms with E-state index in [1.54, 1.807) is 24.3 Å². The minimum absolute atomic E-state index is 0.0340. The van der Waals surface area contributed by atoms with Gasteiger partial charge in [-0.3, -0.25) is 5.73 Å². The first-order valence-corrected chi connectivity index (χ1v) is 8.76. The van der Waals surface area contributed by atoms with Crippen molar-refractivity contribution in [1.29, 1.82) is 0 Å². The van der Waals surface area contributed by atoms with Crippen LogP contribution in [-0.2, 0) is 12.3 Å². The Labute approximate surface area is 164 Å². The Morgan fingerprint density at radius 3 is 2.75 bits per heavy atom. The highest BCUT2D eigenvalue weighted by atomic mass is 35.5. The van der Waals surface area contributed by atoms with E-state index in [9.17, 15) is 8.78 Å². The van der Waals surface area contributed by atoms with E-state index in [1.807, 2.05) is 0 Å². The number of benzene rings is 2. The number of nitrogens with one attached hydrogen (secondary N) is 1. The highest BCUT2D eigenvalue weighted by Crippen LogP contribution is 2.41. The van der Waals surface area contributed by atoms with Gasteiger partial charge in [0.25, 0.3) is 0 Å². The third-order valence-corrected chi connectivity index (χ3v) is 4.63. The van der Waals surface area contributed by atoms with Crippen LogP contribution < -0.4 is 15.8 Å². The number of aromatic nitrogens is 1. The van der Waals surface area contributed by atoms with Crippen LogP contribution >= 0.6 is 11.6 Å². The largest absolute Gasteiger partial charge is 0.485 e. The number of para-hydroxylation sites is 1. The van der Waals surface area contributed by atoms with Crippen LogP contribution in [0.3, 0.4) is 0 Å². The number of anilines is 1. The molecule has 3 N–H and O–H groups in total. The fraction of sp³-hybridized carbons (Fsp3) is 0.100. The molecule has 142 valence electrons. The summed E-state index contributed by atoms with van der Waals surface area (Å²) in [5, 5.41) is 3.17. The summed E-state index contributed by atoms with van der Waals surface area (Å²) in [4.78, 5) is 8.35. The lowest BCUT2D eigenvalue weighted by Crippen LogP contribution is -2.40. The molecule has 0 bridgehead atoms. The molecule has 0 saturated carbocycles. The van der Waals surface area contributed by atoms with E-state index in [1.165, 1.54) is 36.8 Å². The van der Waals surface area contributed by atoms with Gasteiger partial charge in [0.15, 0.2) is 17.2 Å². The van der Waals surface area contributed by atoms with Crippen molar-refractivity contribution in [3.8, 4) is 5.75 Å². The van der Waals surface area contributed by atoms with Crippen molar-refractivity contribution in [3.63, 3.8) is 0 Å². The zero-order chi connectivity index (χ0) is 19.7. The molecule has 5 nitrogen and oxygen atoms in total. The maximum Gasteiger partial charge on any atom is 0.167 e. The highest BCUT2D eigenvalue weighted by molar-refractivity contribution is 6.29. The second kappa shape index (κ2) is 7.18. The van der Waals surface area contributed by atoms with Crippen LogP contribution in [0.2, 0.25) is 5.15 Å². The Bertz CT molecular complexity index is 1080. The summed E-state index contributed by atoms with van der Waals surface area (Å²) in [6.07, 6.45) is 2.94. The second-order valence-corrected chi connectivity index (χ2v) is 6.64. The summed E-state index contributed by atoms with van der Waals surface area (Å²) in [5.41, 5.74) is 7.15. The number of ether oxygens (including phenoxy) is 1. The predicted molar refractivity (Wildman–Crippen MR) is 103 cm³/mol. The van der Waals surface area contributed by atoms with Crippen molar-refractivity contribution in [2.75, 3.05) is 5.32 Å². The highest BCUT2D eigenvalue weighted by Gasteiger charge is 2.37. The van der Waals surface area contributed by atoms with Gasteiger partial charge in [0.2, 0.25) is 0 Å². The fourth-order valence-electron chi connectivity index (χ4n) is 3.09.